The SMILES string of the molecule is CCSc1ccc(Cl)cc1C(=O)C1CCCN1. The van der Waals surface area contributed by atoms with Crippen LogP contribution in [0.2, 0.25) is 5.02 Å². The van der Waals surface area contributed by atoms with Gasteiger partial charge in [-0.2, -0.15) is 0 Å². The van der Waals surface area contributed by atoms with Crippen molar-refractivity contribution in [2.45, 2.75) is 30.7 Å². The molecule has 1 aliphatic heterocycles. The molecule has 0 saturated carbocycles. The Balaban J connectivity index is 2.28. The molecule has 2 rings (SSSR count). The van der Waals surface area contributed by atoms with E-state index in [0.29, 0.717) is 5.02 Å². The van der Waals surface area contributed by atoms with E-state index in [0.717, 1.165) is 35.6 Å². The van der Waals surface area contributed by atoms with Crippen molar-refractivity contribution in [3.63, 3.8) is 0 Å². The molecule has 0 aromatic heterocycles. The van der Waals surface area contributed by atoms with Crippen LogP contribution in [0.4, 0.5) is 0 Å². The van der Waals surface area contributed by atoms with Crippen LogP contribution >= 0.6 is 23.4 Å². The molecule has 0 spiro atoms. The normalized spacial score (nSPS) is 19.5. The Kier molecular flexibility index (Phi) is 4.48. The summed E-state index contributed by atoms with van der Waals surface area (Å²) in [4.78, 5) is 13.4. The summed E-state index contributed by atoms with van der Waals surface area (Å²) >= 11 is 7.68. The number of nitrogens with one attached hydrogen (secondary N) is 1. The number of thioether (sulfide) groups is 1. The topological polar surface area (TPSA) is 29.1 Å². The third-order valence-corrected chi connectivity index (χ3v) is 4.07. The van der Waals surface area contributed by atoms with E-state index in [2.05, 4.69) is 12.2 Å². The van der Waals surface area contributed by atoms with Crippen molar-refractivity contribution >= 4 is 29.1 Å². The second-order valence-electron chi connectivity index (χ2n) is 4.09. The molecular weight excluding hydrogens is 254 g/mol. The predicted octanol–water partition coefficient (Wildman–Crippen LogP) is 3.39. The van der Waals surface area contributed by atoms with E-state index < -0.39 is 0 Å². The average Bonchev–Trinajstić information content (AvgIpc) is 2.84. The fraction of sp³-hybridized carbons (Fsp3) is 0.462. The quantitative estimate of drug-likeness (QED) is 0.671. The lowest BCUT2D eigenvalue weighted by molar-refractivity contribution is 0.0949. The van der Waals surface area contributed by atoms with Crippen LogP contribution < -0.4 is 5.32 Å². The number of ketones is 1. The molecule has 1 fully saturated rings. The molecule has 1 unspecified atom stereocenters. The molecule has 1 heterocycles. The molecule has 0 aliphatic carbocycles. The zero-order valence-corrected chi connectivity index (χ0v) is 11.4. The number of carbonyl (C=O) groups is 1. The maximum Gasteiger partial charge on any atom is 0.180 e. The summed E-state index contributed by atoms with van der Waals surface area (Å²) in [5.41, 5.74) is 0.767. The van der Waals surface area contributed by atoms with Gasteiger partial charge in [0.15, 0.2) is 5.78 Å². The first-order chi connectivity index (χ1) is 8.22. The molecular formula is C13H16ClNOS. The Hall–Kier alpha value is -0.510. The molecule has 1 aromatic carbocycles. The minimum absolute atomic E-state index is 0.0235. The van der Waals surface area contributed by atoms with Crippen molar-refractivity contribution in [2.75, 3.05) is 12.3 Å². The Labute approximate surface area is 111 Å². The second-order valence-corrected chi connectivity index (χ2v) is 5.83. The highest BCUT2D eigenvalue weighted by atomic mass is 35.5. The highest BCUT2D eigenvalue weighted by Gasteiger charge is 2.25. The third-order valence-electron chi connectivity index (χ3n) is 2.88. The fourth-order valence-electron chi connectivity index (χ4n) is 2.07. The van der Waals surface area contributed by atoms with E-state index in [1.165, 1.54) is 0 Å². The number of hydrogen-bond donors (Lipinski definition) is 1. The largest absolute Gasteiger partial charge is 0.307 e. The van der Waals surface area contributed by atoms with Gasteiger partial charge in [-0.15, -0.1) is 11.8 Å². The van der Waals surface area contributed by atoms with Gasteiger partial charge in [-0.25, -0.2) is 0 Å². The molecule has 17 heavy (non-hydrogen) atoms. The van der Waals surface area contributed by atoms with Crippen molar-refractivity contribution in [3.05, 3.63) is 28.8 Å². The Morgan fingerprint density at radius 1 is 1.59 bits per heavy atom. The molecule has 1 N–H and O–H groups in total. The van der Waals surface area contributed by atoms with Crippen LogP contribution in [-0.2, 0) is 0 Å². The van der Waals surface area contributed by atoms with Gasteiger partial charge in [-0.3, -0.25) is 4.79 Å². The van der Waals surface area contributed by atoms with Crippen LogP contribution in [0.25, 0.3) is 0 Å². The molecule has 4 heteroatoms. The maximum absolute atomic E-state index is 12.4. The number of halogens is 1. The van der Waals surface area contributed by atoms with Crippen LogP contribution in [0.15, 0.2) is 23.1 Å². The standard InChI is InChI=1S/C13H16ClNOS/c1-2-17-12-6-5-9(14)8-10(12)13(16)11-4-3-7-15-11/h5-6,8,11,15H,2-4,7H2,1H3. The average molecular weight is 270 g/mol. The van der Waals surface area contributed by atoms with E-state index in [1.807, 2.05) is 12.1 Å². The van der Waals surface area contributed by atoms with Crippen LogP contribution in [0, 0.1) is 0 Å². The van der Waals surface area contributed by atoms with Crippen molar-refractivity contribution in [2.24, 2.45) is 0 Å². The first kappa shape index (κ1) is 12.9. The van der Waals surface area contributed by atoms with Gasteiger partial charge in [-0.1, -0.05) is 18.5 Å². The first-order valence-corrected chi connectivity index (χ1v) is 7.28. The van der Waals surface area contributed by atoms with Crippen molar-refractivity contribution in [1.29, 1.82) is 0 Å². The smallest absolute Gasteiger partial charge is 0.180 e. The zero-order valence-electron chi connectivity index (χ0n) is 9.83. The number of Topliss-reactive ketones (excluding diaryl/α,β-unsaturated/α-hetero) is 1. The van der Waals surface area contributed by atoms with Gasteiger partial charge in [0.1, 0.15) is 0 Å². The van der Waals surface area contributed by atoms with Crippen LogP contribution in [0.3, 0.4) is 0 Å². The predicted molar refractivity (Wildman–Crippen MR) is 73.2 cm³/mol. The van der Waals surface area contributed by atoms with Crippen LogP contribution in [-0.4, -0.2) is 24.1 Å². The lowest BCUT2D eigenvalue weighted by Crippen LogP contribution is -2.31. The summed E-state index contributed by atoms with van der Waals surface area (Å²) in [7, 11) is 0. The summed E-state index contributed by atoms with van der Waals surface area (Å²) in [5, 5.41) is 3.87. The third kappa shape index (κ3) is 3.03. The van der Waals surface area contributed by atoms with E-state index in [4.69, 9.17) is 11.6 Å². The molecule has 0 radical (unpaired) electrons. The van der Waals surface area contributed by atoms with E-state index in [-0.39, 0.29) is 11.8 Å². The van der Waals surface area contributed by atoms with Crippen molar-refractivity contribution < 1.29 is 4.79 Å². The van der Waals surface area contributed by atoms with Crippen molar-refractivity contribution in [1.82, 2.24) is 5.32 Å². The van der Waals surface area contributed by atoms with Gasteiger partial charge in [0, 0.05) is 15.5 Å². The van der Waals surface area contributed by atoms with Crippen LogP contribution in [0.5, 0.6) is 0 Å². The van der Waals surface area contributed by atoms with Gasteiger partial charge in [0.25, 0.3) is 0 Å². The highest BCUT2D eigenvalue weighted by molar-refractivity contribution is 7.99. The molecule has 1 aromatic rings. The molecule has 0 bridgehead atoms. The van der Waals surface area contributed by atoms with E-state index >= 15 is 0 Å². The maximum atomic E-state index is 12.4. The number of benzene rings is 1. The second kappa shape index (κ2) is 5.89. The molecule has 0 amide bonds. The minimum atomic E-state index is -0.0235. The molecule has 1 aliphatic rings. The Morgan fingerprint density at radius 3 is 3.06 bits per heavy atom. The number of carbonyl (C=O) groups excluding carboxylic acids is 1. The van der Waals surface area contributed by atoms with Gasteiger partial charge in [-0.05, 0) is 43.3 Å². The van der Waals surface area contributed by atoms with Crippen LogP contribution in [0.1, 0.15) is 30.1 Å². The number of hydrogen-bond acceptors (Lipinski definition) is 3. The summed E-state index contributed by atoms with van der Waals surface area (Å²) in [6, 6.07) is 5.56. The lowest BCUT2D eigenvalue weighted by atomic mass is 10.0. The molecule has 2 nitrogen and oxygen atoms in total. The summed E-state index contributed by atoms with van der Waals surface area (Å²) < 4.78 is 0. The highest BCUT2D eigenvalue weighted by Crippen LogP contribution is 2.27. The summed E-state index contributed by atoms with van der Waals surface area (Å²) in [6.45, 7) is 3.02. The molecule has 1 atom stereocenters. The first-order valence-electron chi connectivity index (χ1n) is 5.92. The van der Waals surface area contributed by atoms with E-state index in [1.54, 1.807) is 17.8 Å². The monoisotopic (exact) mass is 269 g/mol. The molecule has 92 valence electrons. The van der Waals surface area contributed by atoms with Crippen molar-refractivity contribution in [3.8, 4) is 0 Å². The Morgan fingerprint density at radius 2 is 2.41 bits per heavy atom. The van der Waals surface area contributed by atoms with Gasteiger partial charge in [0.2, 0.25) is 0 Å². The van der Waals surface area contributed by atoms with Gasteiger partial charge < -0.3 is 5.32 Å². The number of rotatable bonds is 4. The molecule has 1 saturated heterocycles. The summed E-state index contributed by atoms with van der Waals surface area (Å²) in [5.74, 6) is 1.14. The fourth-order valence-corrected chi connectivity index (χ4v) is 3.03. The van der Waals surface area contributed by atoms with E-state index in [9.17, 15) is 4.79 Å². The Bertz CT molecular complexity index is 416. The van der Waals surface area contributed by atoms with Gasteiger partial charge in [0.05, 0.1) is 6.04 Å². The summed E-state index contributed by atoms with van der Waals surface area (Å²) in [6.07, 6.45) is 2.01. The minimum Gasteiger partial charge on any atom is -0.307 e. The lowest BCUT2D eigenvalue weighted by Gasteiger charge is -2.12. The van der Waals surface area contributed by atoms with Gasteiger partial charge >= 0.3 is 0 Å². The zero-order chi connectivity index (χ0) is 12.3.